The fraction of sp³-hybridized carbons (Fsp3) is 0.526. The first-order chi connectivity index (χ1) is 24.6. The number of benzene rings is 2. The summed E-state index contributed by atoms with van der Waals surface area (Å²) < 4.78 is 19.9. The van der Waals surface area contributed by atoms with Crippen molar-refractivity contribution in [2.45, 2.75) is 81.4 Å². The zero-order valence-electron chi connectivity index (χ0n) is 28.8. The topological polar surface area (TPSA) is 156 Å². The number of carbonyl (C=O) groups excluding carboxylic acids is 4. The minimum Gasteiger partial charge on any atom is -0.458 e. The third-order valence-corrected chi connectivity index (χ3v) is 11.1. The van der Waals surface area contributed by atoms with Crippen LogP contribution in [0.3, 0.4) is 0 Å². The molecule has 6 unspecified atom stereocenters. The van der Waals surface area contributed by atoms with E-state index in [1.807, 2.05) is 30.3 Å². The number of nitrogens with one attached hydrogen (secondary N) is 2. The maximum Gasteiger partial charge on any atom is 0.327 e. The summed E-state index contributed by atoms with van der Waals surface area (Å²) in [7, 11) is 3.37. The quantitative estimate of drug-likeness (QED) is 0.221. The minimum atomic E-state index is -1.33. The number of ether oxygens (including phenoxy) is 3. The highest BCUT2D eigenvalue weighted by molar-refractivity contribution is 5.95. The van der Waals surface area contributed by atoms with Crippen molar-refractivity contribution in [1.29, 1.82) is 0 Å². The SMILES string of the molecule is CN(C)C(=O)C=Cc1cccc(CN2OC3C4OC(C5CC5)(C5CC5)OC4C4CC3(C(=O)NCc3cccc(C(=O)NCCO)c3)C2C(=O)O4)c1. The second kappa shape index (κ2) is 13.1. The number of hydroxylamine groups is 2. The van der Waals surface area contributed by atoms with Crippen LogP contribution >= 0.6 is 0 Å². The van der Waals surface area contributed by atoms with Gasteiger partial charge in [-0.1, -0.05) is 36.4 Å². The van der Waals surface area contributed by atoms with Crippen LogP contribution in [0.2, 0.25) is 0 Å². The van der Waals surface area contributed by atoms with Gasteiger partial charge in [-0.2, -0.15) is 5.06 Å². The molecule has 270 valence electrons. The molecular weight excluding hydrogens is 656 g/mol. The molecular formula is C38H44N4O9. The maximum atomic E-state index is 14.7. The van der Waals surface area contributed by atoms with Crippen molar-refractivity contribution in [3.8, 4) is 0 Å². The van der Waals surface area contributed by atoms with Crippen molar-refractivity contribution in [3.05, 3.63) is 76.9 Å². The van der Waals surface area contributed by atoms with E-state index in [1.54, 1.807) is 43.4 Å². The largest absolute Gasteiger partial charge is 0.458 e. The van der Waals surface area contributed by atoms with Crippen LogP contribution in [0.5, 0.6) is 0 Å². The lowest BCUT2D eigenvalue weighted by atomic mass is 9.62. The summed E-state index contributed by atoms with van der Waals surface area (Å²) in [5.74, 6) is -1.60. The average Bonchev–Trinajstić information content (AvgIpc) is 4.08. The lowest BCUT2D eigenvalue weighted by molar-refractivity contribution is -0.235. The van der Waals surface area contributed by atoms with Crippen LogP contribution in [0.15, 0.2) is 54.6 Å². The summed E-state index contributed by atoms with van der Waals surface area (Å²) in [5.41, 5.74) is 1.39. The van der Waals surface area contributed by atoms with Crippen LogP contribution in [0.4, 0.5) is 0 Å². The van der Waals surface area contributed by atoms with E-state index in [4.69, 9.17) is 24.2 Å². The Bertz CT molecular complexity index is 1740. The van der Waals surface area contributed by atoms with E-state index in [1.165, 1.54) is 11.0 Å². The molecule has 2 bridgehead atoms. The number of hydrogen-bond acceptors (Lipinski definition) is 10. The molecule has 6 aliphatic rings. The second-order valence-corrected chi connectivity index (χ2v) is 14.8. The van der Waals surface area contributed by atoms with Gasteiger partial charge in [0.15, 0.2) is 11.8 Å². The van der Waals surface area contributed by atoms with E-state index in [0.29, 0.717) is 11.1 Å². The molecule has 3 amide bonds. The standard InChI is InChI=1S/C38H44N4O9/c1-41(2)29(44)14-9-22-5-3-7-24(17-22)21-42-32-35(46)48-28-19-37(32,36(47)40-20-23-6-4-8-25(18-23)34(45)39-15-16-43)33(51-42)31-30(28)49-38(50-31,26-10-11-26)27-12-13-27/h3-9,14,17-18,26-28,30-33,43H,10-13,15-16,19-21H2,1-2H3,(H,39,45)(H,40,47). The summed E-state index contributed by atoms with van der Waals surface area (Å²) in [4.78, 5) is 61.7. The van der Waals surface area contributed by atoms with E-state index >= 15 is 0 Å². The molecule has 13 nitrogen and oxygen atoms in total. The molecule has 3 N–H and O–H groups in total. The molecule has 3 heterocycles. The molecule has 2 aromatic rings. The molecule has 3 saturated heterocycles. The maximum absolute atomic E-state index is 14.7. The van der Waals surface area contributed by atoms with E-state index < -0.39 is 47.6 Å². The van der Waals surface area contributed by atoms with E-state index in [0.717, 1.165) is 36.8 Å². The smallest absolute Gasteiger partial charge is 0.327 e. The first kappa shape index (κ1) is 34.0. The number of hydrogen-bond donors (Lipinski definition) is 3. The van der Waals surface area contributed by atoms with Gasteiger partial charge in [-0.05, 0) is 60.6 Å². The Morgan fingerprint density at radius 3 is 2.43 bits per heavy atom. The van der Waals surface area contributed by atoms with Crippen molar-refractivity contribution < 1.29 is 43.3 Å². The summed E-state index contributed by atoms with van der Waals surface area (Å²) >= 11 is 0. The van der Waals surface area contributed by atoms with Gasteiger partial charge in [0, 0.05) is 57.1 Å². The van der Waals surface area contributed by atoms with Gasteiger partial charge in [0.1, 0.15) is 29.8 Å². The zero-order chi connectivity index (χ0) is 35.5. The fourth-order valence-electron chi connectivity index (χ4n) is 8.40. The number of amides is 3. The lowest BCUT2D eigenvalue weighted by Gasteiger charge is -2.48. The predicted molar refractivity (Wildman–Crippen MR) is 181 cm³/mol. The average molecular weight is 701 g/mol. The van der Waals surface area contributed by atoms with E-state index in [2.05, 4.69) is 10.6 Å². The molecule has 51 heavy (non-hydrogen) atoms. The van der Waals surface area contributed by atoms with Gasteiger partial charge in [0.2, 0.25) is 11.8 Å². The number of fused-ring (bicyclic) bond motifs is 4. The summed E-state index contributed by atoms with van der Waals surface area (Å²) in [6, 6.07) is 13.4. The van der Waals surface area contributed by atoms with Gasteiger partial charge in [-0.15, -0.1) is 0 Å². The van der Waals surface area contributed by atoms with Crippen molar-refractivity contribution in [2.24, 2.45) is 17.3 Å². The van der Waals surface area contributed by atoms with Crippen molar-refractivity contribution in [3.63, 3.8) is 0 Å². The number of nitrogens with zero attached hydrogens (tertiary/aromatic N) is 2. The molecule has 3 saturated carbocycles. The Balaban J connectivity index is 1.10. The van der Waals surface area contributed by atoms with Gasteiger partial charge < -0.3 is 34.9 Å². The van der Waals surface area contributed by atoms with Gasteiger partial charge in [0.05, 0.1) is 13.2 Å². The predicted octanol–water partition coefficient (Wildman–Crippen LogP) is 1.93. The molecule has 8 rings (SSSR count). The Morgan fingerprint density at radius 2 is 1.71 bits per heavy atom. The number of carbonyl (C=O) groups is 4. The molecule has 0 radical (unpaired) electrons. The second-order valence-electron chi connectivity index (χ2n) is 14.8. The van der Waals surface area contributed by atoms with E-state index in [-0.39, 0.29) is 62.2 Å². The summed E-state index contributed by atoms with van der Waals surface area (Å²) in [6.45, 7) is 0.250. The first-order valence-corrected chi connectivity index (χ1v) is 17.9. The van der Waals surface area contributed by atoms with Crippen LogP contribution in [0.25, 0.3) is 6.08 Å². The van der Waals surface area contributed by atoms with Crippen LogP contribution < -0.4 is 10.6 Å². The molecule has 3 aliphatic carbocycles. The Morgan fingerprint density at radius 1 is 0.980 bits per heavy atom. The third kappa shape index (κ3) is 6.04. The van der Waals surface area contributed by atoms with Crippen LogP contribution in [-0.4, -0.2) is 102 Å². The van der Waals surface area contributed by atoms with E-state index in [9.17, 15) is 19.2 Å². The molecule has 6 atom stereocenters. The Labute approximate surface area is 296 Å². The Hall–Kier alpha value is -4.14. The third-order valence-electron chi connectivity index (χ3n) is 11.1. The molecule has 6 fully saturated rings. The monoisotopic (exact) mass is 700 g/mol. The molecule has 13 heteroatoms. The molecule has 3 aliphatic heterocycles. The van der Waals surface area contributed by atoms with Gasteiger partial charge >= 0.3 is 5.97 Å². The number of aliphatic hydroxyl groups excluding tert-OH is 1. The highest BCUT2D eigenvalue weighted by Gasteiger charge is 2.78. The highest BCUT2D eigenvalue weighted by Crippen LogP contribution is 2.63. The minimum absolute atomic E-state index is 0.112. The van der Waals surface area contributed by atoms with Gasteiger partial charge in [-0.3, -0.25) is 24.0 Å². The molecule has 0 spiro atoms. The number of aliphatic hydroxyl groups is 1. The normalized spacial score (nSPS) is 30.5. The van der Waals surface area contributed by atoms with Crippen LogP contribution in [-0.2, 0) is 46.5 Å². The van der Waals surface area contributed by atoms with Crippen LogP contribution in [0, 0.1) is 17.3 Å². The van der Waals surface area contributed by atoms with Crippen molar-refractivity contribution >= 4 is 29.8 Å². The summed E-state index contributed by atoms with van der Waals surface area (Å²) in [6.07, 6.45) is 4.81. The first-order valence-electron chi connectivity index (χ1n) is 17.9. The highest BCUT2D eigenvalue weighted by atomic mass is 16.8. The van der Waals surface area contributed by atoms with Crippen molar-refractivity contribution in [2.75, 3.05) is 27.2 Å². The number of esters is 1. The fourth-order valence-corrected chi connectivity index (χ4v) is 8.40. The molecule has 2 aromatic carbocycles. The van der Waals surface area contributed by atoms with Gasteiger partial charge in [-0.25, -0.2) is 0 Å². The molecule has 0 aromatic heterocycles. The van der Waals surface area contributed by atoms with Crippen LogP contribution in [0.1, 0.15) is 59.2 Å². The number of likely N-dealkylation sites (N-methyl/N-ethyl adjacent to an activating group) is 1. The van der Waals surface area contributed by atoms with Gasteiger partial charge in [0.25, 0.3) is 5.91 Å². The number of rotatable bonds is 12. The van der Waals surface area contributed by atoms with Crippen molar-refractivity contribution in [1.82, 2.24) is 20.6 Å². The zero-order valence-corrected chi connectivity index (χ0v) is 28.8. The Kier molecular flexibility index (Phi) is 8.74. The lowest BCUT2D eigenvalue weighted by Crippen LogP contribution is -2.69. The summed E-state index contributed by atoms with van der Waals surface area (Å²) in [5, 5.41) is 16.4.